The molecule has 0 saturated carbocycles. The van der Waals surface area contributed by atoms with Gasteiger partial charge in [0.2, 0.25) is 17.7 Å². The van der Waals surface area contributed by atoms with Gasteiger partial charge in [0, 0.05) is 0 Å². The number of urea groups is 1. The highest BCUT2D eigenvalue weighted by Gasteiger charge is 2.40. The number of anilines is 1. The van der Waals surface area contributed by atoms with Crippen LogP contribution in [0.2, 0.25) is 0 Å². The van der Waals surface area contributed by atoms with E-state index >= 15 is 0 Å². The van der Waals surface area contributed by atoms with Crippen molar-refractivity contribution in [3.63, 3.8) is 0 Å². The van der Waals surface area contributed by atoms with Gasteiger partial charge in [0.15, 0.2) is 5.92 Å². The quantitative estimate of drug-likeness (QED) is 0.415. The van der Waals surface area contributed by atoms with E-state index in [0.29, 0.717) is 0 Å². The maximum Gasteiger partial charge on any atom is 0.328 e. The van der Waals surface area contributed by atoms with Gasteiger partial charge in [-0.1, -0.05) is 12.1 Å². The van der Waals surface area contributed by atoms with Crippen molar-refractivity contribution < 1.29 is 24.3 Å². The molecule has 98 valence electrons. The number of barbiturate groups is 1. The fourth-order valence-corrected chi connectivity index (χ4v) is 1.54. The predicted molar refractivity (Wildman–Crippen MR) is 61.9 cm³/mol. The fraction of sp³-hybridized carbons (Fsp3) is 0.0909. The Hall–Kier alpha value is -2.90. The number of hydrogen-bond donors (Lipinski definition) is 4. The number of carbonyl (C=O) groups is 4. The van der Waals surface area contributed by atoms with Gasteiger partial charge in [-0.25, -0.2) is 4.79 Å². The molecular weight excluding hydrogens is 254 g/mol. The second-order valence-corrected chi connectivity index (χ2v) is 3.75. The number of aromatic hydroxyl groups is 1. The number of para-hydroxylation sites is 2. The molecule has 1 aliphatic heterocycles. The summed E-state index contributed by atoms with van der Waals surface area (Å²) in [6, 6.07) is 4.86. The maximum absolute atomic E-state index is 11.8. The summed E-state index contributed by atoms with van der Waals surface area (Å²) in [5, 5.41) is 15.3. The van der Waals surface area contributed by atoms with Crippen LogP contribution in [0, 0.1) is 5.92 Å². The summed E-state index contributed by atoms with van der Waals surface area (Å²) in [6.07, 6.45) is 0. The standard InChI is InChI=1S/C11H9N3O5/c15-6-4-2-1-3-5(6)12-8(16)7-9(17)13-11(19)14-10(7)18/h1-4,7,15H,(H,12,16)(H2,13,14,17,18,19). The molecule has 1 aliphatic rings. The number of phenolic OH excluding ortho intramolecular Hbond substituents is 1. The summed E-state index contributed by atoms with van der Waals surface area (Å²) in [6.45, 7) is 0. The lowest BCUT2D eigenvalue weighted by atomic mass is 10.1. The smallest absolute Gasteiger partial charge is 0.328 e. The van der Waals surface area contributed by atoms with E-state index < -0.39 is 29.7 Å². The molecule has 0 atom stereocenters. The lowest BCUT2D eigenvalue weighted by Crippen LogP contribution is -2.58. The van der Waals surface area contributed by atoms with Crippen molar-refractivity contribution in [2.45, 2.75) is 0 Å². The van der Waals surface area contributed by atoms with Gasteiger partial charge in [-0.2, -0.15) is 0 Å². The summed E-state index contributed by atoms with van der Waals surface area (Å²) in [5.74, 6) is -4.85. The molecule has 2 rings (SSSR count). The van der Waals surface area contributed by atoms with E-state index in [9.17, 15) is 24.3 Å². The molecule has 0 radical (unpaired) electrons. The lowest BCUT2D eigenvalue weighted by molar-refractivity contribution is -0.141. The number of nitrogens with one attached hydrogen (secondary N) is 3. The van der Waals surface area contributed by atoms with Crippen molar-refractivity contribution in [1.82, 2.24) is 10.6 Å². The third-order valence-corrected chi connectivity index (χ3v) is 2.42. The summed E-state index contributed by atoms with van der Waals surface area (Å²) in [7, 11) is 0. The SMILES string of the molecule is O=C1NC(=O)C(C(=O)Nc2ccccc2O)C(=O)N1. The fourth-order valence-electron chi connectivity index (χ4n) is 1.54. The Morgan fingerprint density at radius 3 is 2.26 bits per heavy atom. The molecule has 1 aromatic rings. The van der Waals surface area contributed by atoms with Crippen LogP contribution in [-0.2, 0) is 14.4 Å². The van der Waals surface area contributed by atoms with Crippen LogP contribution in [0.3, 0.4) is 0 Å². The first-order chi connectivity index (χ1) is 8.99. The van der Waals surface area contributed by atoms with Gasteiger partial charge < -0.3 is 10.4 Å². The van der Waals surface area contributed by atoms with Crippen molar-refractivity contribution >= 4 is 29.4 Å². The zero-order valence-electron chi connectivity index (χ0n) is 9.47. The highest BCUT2D eigenvalue weighted by Crippen LogP contribution is 2.22. The van der Waals surface area contributed by atoms with Crippen LogP contribution in [0.25, 0.3) is 0 Å². The van der Waals surface area contributed by atoms with Crippen LogP contribution < -0.4 is 16.0 Å². The first kappa shape index (κ1) is 12.6. The zero-order chi connectivity index (χ0) is 14.0. The summed E-state index contributed by atoms with van der Waals surface area (Å²) in [4.78, 5) is 45.5. The predicted octanol–water partition coefficient (Wildman–Crippen LogP) is -0.687. The van der Waals surface area contributed by atoms with Gasteiger partial charge >= 0.3 is 6.03 Å². The highest BCUT2D eigenvalue weighted by atomic mass is 16.3. The maximum atomic E-state index is 11.8. The summed E-state index contributed by atoms with van der Waals surface area (Å²) < 4.78 is 0. The van der Waals surface area contributed by atoms with Crippen molar-refractivity contribution in [2.24, 2.45) is 5.92 Å². The average molecular weight is 263 g/mol. The molecule has 1 fully saturated rings. The summed E-state index contributed by atoms with van der Waals surface area (Å²) in [5.41, 5.74) is 0.0602. The van der Waals surface area contributed by atoms with Crippen molar-refractivity contribution in [3.8, 4) is 5.75 Å². The van der Waals surface area contributed by atoms with Crippen LogP contribution in [0.5, 0.6) is 5.75 Å². The first-order valence-electron chi connectivity index (χ1n) is 5.23. The topological polar surface area (TPSA) is 125 Å². The summed E-state index contributed by atoms with van der Waals surface area (Å²) >= 11 is 0. The first-order valence-corrected chi connectivity index (χ1v) is 5.23. The number of rotatable bonds is 2. The van der Waals surface area contributed by atoms with E-state index in [1.165, 1.54) is 12.1 Å². The van der Waals surface area contributed by atoms with Crippen molar-refractivity contribution in [3.05, 3.63) is 24.3 Å². The van der Waals surface area contributed by atoms with Crippen molar-refractivity contribution in [2.75, 3.05) is 5.32 Å². The third kappa shape index (κ3) is 2.51. The second-order valence-electron chi connectivity index (χ2n) is 3.75. The molecule has 0 bridgehead atoms. The Bertz CT molecular complexity index is 563. The van der Waals surface area contributed by atoms with E-state index in [0.717, 1.165) is 0 Å². The van der Waals surface area contributed by atoms with E-state index in [-0.39, 0.29) is 11.4 Å². The molecule has 8 nitrogen and oxygen atoms in total. The van der Waals surface area contributed by atoms with Crippen LogP contribution in [0.4, 0.5) is 10.5 Å². The van der Waals surface area contributed by atoms with Crippen LogP contribution in [0.1, 0.15) is 0 Å². The molecule has 1 aromatic carbocycles. The molecular formula is C11H9N3O5. The van der Waals surface area contributed by atoms with E-state index in [1.807, 2.05) is 10.6 Å². The number of benzene rings is 1. The number of phenols is 1. The minimum absolute atomic E-state index is 0.0602. The van der Waals surface area contributed by atoms with Crippen molar-refractivity contribution in [1.29, 1.82) is 0 Å². The highest BCUT2D eigenvalue weighted by molar-refractivity contribution is 6.28. The monoisotopic (exact) mass is 263 g/mol. The molecule has 0 spiro atoms. The largest absolute Gasteiger partial charge is 0.506 e. The van der Waals surface area contributed by atoms with Gasteiger partial charge in [-0.15, -0.1) is 0 Å². The Morgan fingerprint density at radius 2 is 1.68 bits per heavy atom. The molecule has 0 unspecified atom stereocenters. The van der Waals surface area contributed by atoms with Crippen LogP contribution in [-0.4, -0.2) is 28.9 Å². The Labute approximate surface area is 106 Å². The average Bonchev–Trinajstić information content (AvgIpc) is 2.30. The van der Waals surface area contributed by atoms with E-state index in [1.54, 1.807) is 12.1 Å². The number of hydrogen-bond acceptors (Lipinski definition) is 5. The molecule has 1 saturated heterocycles. The molecule has 0 aromatic heterocycles. The minimum Gasteiger partial charge on any atom is -0.506 e. The second kappa shape index (κ2) is 4.77. The van der Waals surface area contributed by atoms with Gasteiger partial charge in [0.1, 0.15) is 5.75 Å². The number of amides is 5. The van der Waals surface area contributed by atoms with E-state index in [2.05, 4.69) is 5.32 Å². The molecule has 1 heterocycles. The van der Waals surface area contributed by atoms with Gasteiger partial charge in [0.05, 0.1) is 5.69 Å². The number of carbonyl (C=O) groups excluding carboxylic acids is 4. The third-order valence-electron chi connectivity index (χ3n) is 2.42. The molecule has 0 aliphatic carbocycles. The zero-order valence-corrected chi connectivity index (χ0v) is 9.47. The van der Waals surface area contributed by atoms with Crippen LogP contribution >= 0.6 is 0 Å². The normalized spacial score (nSPS) is 15.7. The Balaban J connectivity index is 2.16. The lowest BCUT2D eigenvalue weighted by Gasteiger charge is -2.20. The molecule has 8 heteroatoms. The Morgan fingerprint density at radius 1 is 1.11 bits per heavy atom. The molecule has 5 amide bonds. The molecule has 19 heavy (non-hydrogen) atoms. The number of imide groups is 2. The minimum atomic E-state index is -1.68. The van der Waals surface area contributed by atoms with E-state index in [4.69, 9.17) is 0 Å². The van der Waals surface area contributed by atoms with Gasteiger partial charge in [-0.05, 0) is 12.1 Å². The Kier molecular flexibility index (Phi) is 3.15. The van der Waals surface area contributed by atoms with Crippen LogP contribution in [0.15, 0.2) is 24.3 Å². The molecule has 4 N–H and O–H groups in total. The van der Waals surface area contributed by atoms with Gasteiger partial charge in [0.25, 0.3) is 0 Å². The van der Waals surface area contributed by atoms with Gasteiger partial charge in [-0.3, -0.25) is 25.0 Å².